The summed E-state index contributed by atoms with van der Waals surface area (Å²) in [6.07, 6.45) is 5.15. The summed E-state index contributed by atoms with van der Waals surface area (Å²) in [5, 5.41) is 15.3. The molecule has 0 radical (unpaired) electrons. The Labute approximate surface area is 210 Å². The minimum Gasteiger partial charge on any atom is -0.382 e. The maximum absolute atomic E-state index is 12.7. The quantitative estimate of drug-likeness (QED) is 0.408. The summed E-state index contributed by atoms with van der Waals surface area (Å²) >= 11 is 5.97. The van der Waals surface area contributed by atoms with E-state index in [0.29, 0.717) is 18.7 Å². The normalized spacial score (nSPS) is 20.4. The van der Waals surface area contributed by atoms with Crippen molar-refractivity contribution in [2.24, 2.45) is 0 Å². The van der Waals surface area contributed by atoms with E-state index < -0.39 is 4.92 Å². The number of carbonyl (C=O) groups is 1. The molecule has 186 valence electrons. The number of carbonyl (C=O) groups excluding carboxylic acids is 1. The first-order chi connectivity index (χ1) is 16.9. The molecule has 9 heteroatoms. The fourth-order valence-electron chi connectivity index (χ4n) is 4.73. The zero-order valence-electron chi connectivity index (χ0n) is 19.7. The highest BCUT2D eigenvalue weighted by Crippen LogP contribution is 2.28. The second kappa shape index (κ2) is 11.6. The standard InChI is InChI=1S/C26H31ClN4O4/c1-2-19-17-22(7-12-25(19)31(33)34)28-21-5-10-24(11-6-21)35-18-26(32)30-15-13-29(14-16-30)23-8-3-20(27)4-9-23/h2-4,7-9,12,17,21,24,28H,1,5-6,10-11,13-16,18H2. The first kappa shape index (κ1) is 25.0. The van der Waals surface area contributed by atoms with Crippen molar-refractivity contribution in [1.29, 1.82) is 0 Å². The van der Waals surface area contributed by atoms with E-state index in [1.54, 1.807) is 12.1 Å². The molecule has 1 saturated heterocycles. The highest BCUT2D eigenvalue weighted by atomic mass is 35.5. The molecule has 2 aromatic carbocycles. The van der Waals surface area contributed by atoms with Gasteiger partial charge < -0.3 is 19.9 Å². The number of hydrogen-bond donors (Lipinski definition) is 1. The molecular formula is C26H31ClN4O4. The summed E-state index contributed by atoms with van der Waals surface area (Å²) in [5.74, 6) is 0.0452. The molecular weight excluding hydrogens is 468 g/mol. The molecule has 1 N–H and O–H groups in total. The maximum atomic E-state index is 12.7. The molecule has 4 rings (SSSR count). The van der Waals surface area contributed by atoms with Gasteiger partial charge in [0.2, 0.25) is 5.91 Å². The molecule has 2 fully saturated rings. The lowest BCUT2D eigenvalue weighted by Gasteiger charge is -2.36. The highest BCUT2D eigenvalue weighted by Gasteiger charge is 2.25. The molecule has 8 nitrogen and oxygen atoms in total. The van der Waals surface area contributed by atoms with Crippen LogP contribution in [-0.4, -0.2) is 60.7 Å². The third kappa shape index (κ3) is 6.52. The zero-order valence-corrected chi connectivity index (χ0v) is 20.5. The summed E-state index contributed by atoms with van der Waals surface area (Å²) in [6.45, 7) is 6.75. The Hall–Kier alpha value is -3.10. The Morgan fingerprint density at radius 2 is 1.80 bits per heavy atom. The van der Waals surface area contributed by atoms with E-state index in [-0.39, 0.29) is 30.3 Å². The van der Waals surface area contributed by atoms with Gasteiger partial charge in [0.25, 0.3) is 5.69 Å². The monoisotopic (exact) mass is 498 g/mol. The van der Waals surface area contributed by atoms with Gasteiger partial charge in [-0.3, -0.25) is 14.9 Å². The number of anilines is 2. The van der Waals surface area contributed by atoms with Gasteiger partial charge in [-0.1, -0.05) is 24.3 Å². The molecule has 1 amide bonds. The van der Waals surface area contributed by atoms with Crippen LogP contribution in [0.3, 0.4) is 0 Å². The summed E-state index contributed by atoms with van der Waals surface area (Å²) in [7, 11) is 0. The van der Waals surface area contributed by atoms with Crippen LogP contribution in [0, 0.1) is 10.1 Å². The van der Waals surface area contributed by atoms with E-state index in [9.17, 15) is 14.9 Å². The fraction of sp³-hybridized carbons (Fsp3) is 0.423. The number of nitro groups is 1. The Morgan fingerprint density at radius 3 is 2.43 bits per heavy atom. The first-order valence-corrected chi connectivity index (χ1v) is 12.4. The van der Waals surface area contributed by atoms with Crippen molar-refractivity contribution in [2.45, 2.75) is 37.8 Å². The van der Waals surface area contributed by atoms with Crippen molar-refractivity contribution in [3.8, 4) is 0 Å². The zero-order chi connectivity index (χ0) is 24.8. The van der Waals surface area contributed by atoms with Crippen LogP contribution in [0.25, 0.3) is 6.08 Å². The van der Waals surface area contributed by atoms with Crippen LogP contribution < -0.4 is 10.2 Å². The molecule has 0 bridgehead atoms. The van der Waals surface area contributed by atoms with Crippen LogP contribution in [0.4, 0.5) is 17.1 Å². The van der Waals surface area contributed by atoms with E-state index in [1.165, 1.54) is 12.1 Å². The number of nitrogens with zero attached hydrogens (tertiary/aromatic N) is 3. The SMILES string of the molecule is C=Cc1cc(NC2CCC(OCC(=O)N3CCN(c4ccc(Cl)cc4)CC3)CC2)ccc1[N+](=O)[O-]. The Morgan fingerprint density at radius 1 is 1.11 bits per heavy atom. The van der Waals surface area contributed by atoms with Crippen LogP contribution in [0.15, 0.2) is 49.0 Å². The third-order valence-electron chi connectivity index (χ3n) is 6.76. The molecule has 35 heavy (non-hydrogen) atoms. The number of benzene rings is 2. The minimum atomic E-state index is -0.399. The number of ether oxygens (including phenoxy) is 1. The Kier molecular flexibility index (Phi) is 8.25. The second-order valence-corrected chi connectivity index (χ2v) is 9.44. The largest absolute Gasteiger partial charge is 0.382 e. The van der Waals surface area contributed by atoms with Gasteiger partial charge >= 0.3 is 0 Å². The van der Waals surface area contributed by atoms with E-state index in [1.807, 2.05) is 29.2 Å². The number of rotatable bonds is 8. The molecule has 0 atom stereocenters. The van der Waals surface area contributed by atoms with Gasteiger partial charge in [0.1, 0.15) is 6.61 Å². The van der Waals surface area contributed by atoms with Gasteiger partial charge in [0.05, 0.1) is 16.6 Å². The lowest BCUT2D eigenvalue weighted by Crippen LogP contribution is -2.50. The number of amides is 1. The molecule has 1 aliphatic heterocycles. The summed E-state index contributed by atoms with van der Waals surface area (Å²) < 4.78 is 5.96. The van der Waals surface area contributed by atoms with Gasteiger partial charge in [0, 0.05) is 54.7 Å². The molecule has 1 aliphatic carbocycles. The van der Waals surface area contributed by atoms with Crippen LogP contribution in [0.1, 0.15) is 31.2 Å². The lowest BCUT2D eigenvalue weighted by molar-refractivity contribution is -0.385. The van der Waals surface area contributed by atoms with Crippen LogP contribution in [0.5, 0.6) is 0 Å². The van der Waals surface area contributed by atoms with Crippen LogP contribution in [-0.2, 0) is 9.53 Å². The predicted molar refractivity (Wildman–Crippen MR) is 139 cm³/mol. The maximum Gasteiger partial charge on any atom is 0.276 e. The number of nitro benzene ring substituents is 1. The number of nitrogens with one attached hydrogen (secondary N) is 1. The molecule has 1 heterocycles. The van der Waals surface area contributed by atoms with Crippen molar-refractivity contribution < 1.29 is 14.5 Å². The summed E-state index contributed by atoms with van der Waals surface area (Å²) in [5.41, 5.74) is 2.53. The summed E-state index contributed by atoms with van der Waals surface area (Å²) in [6, 6.07) is 13.1. The molecule has 0 aromatic heterocycles. The number of piperazine rings is 1. The first-order valence-electron chi connectivity index (χ1n) is 12.0. The summed E-state index contributed by atoms with van der Waals surface area (Å²) in [4.78, 5) is 27.5. The average Bonchev–Trinajstić information content (AvgIpc) is 2.88. The molecule has 2 aliphatic rings. The second-order valence-electron chi connectivity index (χ2n) is 9.01. The van der Waals surface area contributed by atoms with Crippen molar-refractivity contribution in [2.75, 3.05) is 43.0 Å². The molecule has 2 aromatic rings. The fourth-order valence-corrected chi connectivity index (χ4v) is 4.86. The Bertz CT molecular complexity index is 1050. The minimum absolute atomic E-state index is 0.0452. The molecule has 0 unspecified atom stereocenters. The van der Waals surface area contributed by atoms with E-state index in [2.05, 4.69) is 16.8 Å². The number of hydrogen-bond acceptors (Lipinski definition) is 6. The lowest BCUT2D eigenvalue weighted by atomic mass is 9.92. The van der Waals surface area contributed by atoms with E-state index in [0.717, 1.165) is 55.2 Å². The van der Waals surface area contributed by atoms with Crippen LogP contribution >= 0.6 is 11.6 Å². The van der Waals surface area contributed by atoms with Gasteiger partial charge in [-0.2, -0.15) is 0 Å². The number of halogens is 1. The van der Waals surface area contributed by atoms with Crippen molar-refractivity contribution in [3.05, 3.63) is 69.7 Å². The van der Waals surface area contributed by atoms with Crippen molar-refractivity contribution >= 4 is 40.6 Å². The topological polar surface area (TPSA) is 88.0 Å². The average molecular weight is 499 g/mol. The highest BCUT2D eigenvalue weighted by molar-refractivity contribution is 6.30. The van der Waals surface area contributed by atoms with Crippen molar-refractivity contribution in [1.82, 2.24) is 4.90 Å². The van der Waals surface area contributed by atoms with Crippen LogP contribution in [0.2, 0.25) is 5.02 Å². The Balaban J connectivity index is 1.17. The van der Waals surface area contributed by atoms with Gasteiger partial charge in [-0.05, 0) is 62.1 Å². The van der Waals surface area contributed by atoms with Gasteiger partial charge in [0.15, 0.2) is 0 Å². The molecule has 0 spiro atoms. The van der Waals surface area contributed by atoms with E-state index in [4.69, 9.17) is 16.3 Å². The van der Waals surface area contributed by atoms with Crippen molar-refractivity contribution in [3.63, 3.8) is 0 Å². The van der Waals surface area contributed by atoms with E-state index >= 15 is 0 Å². The molecule has 1 saturated carbocycles. The predicted octanol–water partition coefficient (Wildman–Crippen LogP) is 4.98. The van der Waals surface area contributed by atoms with Gasteiger partial charge in [-0.15, -0.1) is 0 Å². The third-order valence-corrected chi connectivity index (χ3v) is 7.01. The van der Waals surface area contributed by atoms with Gasteiger partial charge in [-0.25, -0.2) is 0 Å². The smallest absolute Gasteiger partial charge is 0.276 e.